The van der Waals surface area contributed by atoms with Crippen LogP contribution in [0.4, 0.5) is 0 Å². The number of amides is 1. The Morgan fingerprint density at radius 2 is 1.86 bits per heavy atom. The van der Waals surface area contributed by atoms with Crippen molar-refractivity contribution in [2.45, 2.75) is 13.0 Å². The fraction of sp³-hybridized carbons (Fsp3) is 0.133. The van der Waals surface area contributed by atoms with Crippen molar-refractivity contribution >= 4 is 11.9 Å². The van der Waals surface area contributed by atoms with Crippen molar-refractivity contribution in [2.24, 2.45) is 5.73 Å². The van der Waals surface area contributed by atoms with Crippen LogP contribution in [0, 0.1) is 0 Å². The van der Waals surface area contributed by atoms with Crippen molar-refractivity contribution in [1.82, 2.24) is 4.98 Å². The van der Waals surface area contributed by atoms with Gasteiger partial charge in [0.1, 0.15) is 11.3 Å². The van der Waals surface area contributed by atoms with Gasteiger partial charge in [-0.1, -0.05) is 18.2 Å². The summed E-state index contributed by atoms with van der Waals surface area (Å²) in [6.45, 7) is 1.40. The molecule has 0 radical (unpaired) electrons. The number of nitrogens with zero attached hydrogens (tertiary/aromatic N) is 1. The molecule has 1 aromatic heterocycles. The van der Waals surface area contributed by atoms with E-state index in [1.807, 2.05) is 6.07 Å². The lowest BCUT2D eigenvalue weighted by molar-refractivity contribution is -0.125. The summed E-state index contributed by atoms with van der Waals surface area (Å²) < 4.78 is 10.5. The molecular formula is C15H14N2O4. The standard InChI is InChI=1S/C15H14N2O4/c1-10(13(16)18)20-15(19)12-8-5-9-17-14(12)21-11-6-3-2-4-7-11/h2-10H,1H3,(H2,16,18)/t10-/m1/s1. The minimum atomic E-state index is -1.03. The first-order chi connectivity index (χ1) is 10.1. The fourth-order valence-corrected chi connectivity index (χ4v) is 1.51. The first-order valence-corrected chi connectivity index (χ1v) is 6.26. The lowest BCUT2D eigenvalue weighted by Crippen LogP contribution is -2.30. The lowest BCUT2D eigenvalue weighted by Gasteiger charge is -2.12. The highest BCUT2D eigenvalue weighted by molar-refractivity contribution is 5.93. The van der Waals surface area contributed by atoms with Crippen LogP contribution < -0.4 is 10.5 Å². The van der Waals surface area contributed by atoms with Crippen molar-refractivity contribution in [3.05, 3.63) is 54.2 Å². The van der Waals surface area contributed by atoms with Crippen LogP contribution in [0.25, 0.3) is 0 Å². The number of ether oxygens (including phenoxy) is 2. The zero-order valence-electron chi connectivity index (χ0n) is 11.4. The molecule has 0 fully saturated rings. The van der Waals surface area contributed by atoms with Gasteiger partial charge in [-0.2, -0.15) is 0 Å². The number of carbonyl (C=O) groups excluding carboxylic acids is 2. The van der Waals surface area contributed by atoms with Gasteiger partial charge < -0.3 is 15.2 Å². The lowest BCUT2D eigenvalue weighted by atomic mass is 10.2. The van der Waals surface area contributed by atoms with Crippen LogP contribution in [0.15, 0.2) is 48.7 Å². The van der Waals surface area contributed by atoms with Crippen molar-refractivity contribution < 1.29 is 19.1 Å². The van der Waals surface area contributed by atoms with Crippen LogP contribution in [0.1, 0.15) is 17.3 Å². The number of hydrogen-bond donors (Lipinski definition) is 1. The Kier molecular flexibility index (Phi) is 4.50. The van der Waals surface area contributed by atoms with Gasteiger partial charge in [0.05, 0.1) is 0 Å². The first-order valence-electron chi connectivity index (χ1n) is 6.26. The topological polar surface area (TPSA) is 91.5 Å². The molecule has 0 aliphatic carbocycles. The van der Waals surface area contributed by atoms with Gasteiger partial charge in [0.2, 0.25) is 5.88 Å². The predicted molar refractivity (Wildman–Crippen MR) is 74.8 cm³/mol. The summed E-state index contributed by atoms with van der Waals surface area (Å²) in [5.41, 5.74) is 5.18. The molecule has 0 bridgehead atoms. The Labute approximate surface area is 121 Å². The molecule has 0 aliphatic heterocycles. The molecule has 21 heavy (non-hydrogen) atoms. The maximum Gasteiger partial charge on any atom is 0.344 e. The highest BCUT2D eigenvalue weighted by Gasteiger charge is 2.20. The van der Waals surface area contributed by atoms with E-state index >= 15 is 0 Å². The Morgan fingerprint density at radius 3 is 2.52 bits per heavy atom. The number of rotatable bonds is 5. The Bertz CT molecular complexity index is 643. The van der Waals surface area contributed by atoms with Crippen molar-refractivity contribution in [2.75, 3.05) is 0 Å². The van der Waals surface area contributed by atoms with E-state index in [1.54, 1.807) is 30.3 Å². The molecule has 1 aromatic carbocycles. The molecule has 1 heterocycles. The third-order valence-electron chi connectivity index (χ3n) is 2.63. The molecule has 0 saturated heterocycles. The van der Waals surface area contributed by atoms with Crippen LogP contribution in [-0.4, -0.2) is 23.0 Å². The number of benzene rings is 1. The van der Waals surface area contributed by atoms with Gasteiger partial charge in [-0.3, -0.25) is 4.79 Å². The summed E-state index contributed by atoms with van der Waals surface area (Å²) in [6, 6.07) is 12.0. The quantitative estimate of drug-likeness (QED) is 0.848. The summed E-state index contributed by atoms with van der Waals surface area (Å²) in [5.74, 6) is -0.809. The smallest absolute Gasteiger partial charge is 0.344 e. The first kappa shape index (κ1) is 14.5. The average molecular weight is 286 g/mol. The number of esters is 1. The molecule has 1 atom stereocenters. The van der Waals surface area contributed by atoms with Gasteiger partial charge in [-0.15, -0.1) is 0 Å². The number of hydrogen-bond acceptors (Lipinski definition) is 5. The zero-order valence-corrected chi connectivity index (χ0v) is 11.4. The van der Waals surface area contributed by atoms with E-state index in [2.05, 4.69) is 4.98 Å². The van der Waals surface area contributed by atoms with E-state index in [0.29, 0.717) is 5.75 Å². The molecule has 6 heteroatoms. The predicted octanol–water partition coefficient (Wildman–Crippen LogP) is 1.90. The van der Waals surface area contributed by atoms with Crippen molar-refractivity contribution in [3.63, 3.8) is 0 Å². The third-order valence-corrected chi connectivity index (χ3v) is 2.63. The van der Waals surface area contributed by atoms with Crippen molar-refractivity contribution in [1.29, 1.82) is 0 Å². The monoisotopic (exact) mass is 286 g/mol. The molecule has 0 unspecified atom stereocenters. The Morgan fingerprint density at radius 1 is 1.14 bits per heavy atom. The van der Waals surface area contributed by atoms with Gasteiger partial charge in [0.15, 0.2) is 6.10 Å². The van der Waals surface area contributed by atoms with E-state index in [4.69, 9.17) is 15.2 Å². The highest BCUT2D eigenvalue weighted by atomic mass is 16.5. The Hall–Kier alpha value is -2.89. The van der Waals surface area contributed by atoms with Gasteiger partial charge in [-0.25, -0.2) is 9.78 Å². The van der Waals surface area contributed by atoms with Crippen molar-refractivity contribution in [3.8, 4) is 11.6 Å². The number of para-hydroxylation sites is 1. The minimum Gasteiger partial charge on any atom is -0.449 e. The van der Waals surface area contributed by atoms with Crippen LogP contribution in [0.3, 0.4) is 0 Å². The van der Waals surface area contributed by atoms with Gasteiger partial charge in [-0.05, 0) is 31.2 Å². The largest absolute Gasteiger partial charge is 0.449 e. The number of pyridine rings is 1. The normalized spacial score (nSPS) is 11.5. The second kappa shape index (κ2) is 6.51. The molecule has 0 spiro atoms. The van der Waals surface area contributed by atoms with E-state index in [0.717, 1.165) is 0 Å². The highest BCUT2D eigenvalue weighted by Crippen LogP contribution is 2.23. The molecule has 0 aliphatic rings. The second-order valence-electron chi connectivity index (χ2n) is 4.22. The van der Waals surface area contributed by atoms with Gasteiger partial charge in [0.25, 0.3) is 5.91 Å². The summed E-state index contributed by atoms with van der Waals surface area (Å²) in [6.07, 6.45) is 0.467. The fourth-order valence-electron chi connectivity index (χ4n) is 1.51. The van der Waals surface area contributed by atoms with Crippen LogP contribution >= 0.6 is 0 Å². The second-order valence-corrected chi connectivity index (χ2v) is 4.22. The molecule has 6 nitrogen and oxygen atoms in total. The Balaban J connectivity index is 2.20. The van der Waals surface area contributed by atoms with E-state index in [1.165, 1.54) is 19.2 Å². The van der Waals surface area contributed by atoms with Crippen LogP contribution in [-0.2, 0) is 9.53 Å². The molecule has 2 rings (SSSR count). The van der Waals surface area contributed by atoms with E-state index in [-0.39, 0.29) is 11.4 Å². The maximum atomic E-state index is 12.0. The average Bonchev–Trinajstić information content (AvgIpc) is 2.48. The minimum absolute atomic E-state index is 0.102. The third kappa shape index (κ3) is 3.79. The maximum absolute atomic E-state index is 12.0. The molecule has 2 aromatic rings. The molecule has 108 valence electrons. The molecule has 2 N–H and O–H groups in total. The zero-order chi connectivity index (χ0) is 15.2. The number of carbonyl (C=O) groups is 2. The summed E-state index contributed by atoms with van der Waals surface area (Å²) in [5, 5.41) is 0. The van der Waals surface area contributed by atoms with E-state index < -0.39 is 18.0 Å². The summed E-state index contributed by atoms with van der Waals surface area (Å²) in [7, 11) is 0. The van der Waals surface area contributed by atoms with Gasteiger partial charge >= 0.3 is 5.97 Å². The van der Waals surface area contributed by atoms with Gasteiger partial charge in [0, 0.05) is 6.20 Å². The number of primary amides is 1. The number of nitrogens with two attached hydrogens (primary N) is 1. The SMILES string of the molecule is C[C@@H](OC(=O)c1cccnc1Oc1ccccc1)C(N)=O. The van der Waals surface area contributed by atoms with Crippen LogP contribution in [0.2, 0.25) is 0 Å². The molecule has 0 saturated carbocycles. The summed E-state index contributed by atoms with van der Waals surface area (Å²) in [4.78, 5) is 27.0. The summed E-state index contributed by atoms with van der Waals surface area (Å²) >= 11 is 0. The number of aromatic nitrogens is 1. The molecule has 1 amide bonds. The van der Waals surface area contributed by atoms with E-state index in [9.17, 15) is 9.59 Å². The van der Waals surface area contributed by atoms with Crippen LogP contribution in [0.5, 0.6) is 11.6 Å². The molecular weight excluding hydrogens is 272 g/mol.